The zero-order chi connectivity index (χ0) is 19.0. The van der Waals surface area contributed by atoms with Crippen LogP contribution in [0.2, 0.25) is 0 Å². The third-order valence-corrected chi connectivity index (χ3v) is 6.26. The van der Waals surface area contributed by atoms with E-state index in [2.05, 4.69) is 31.9 Å². The average Bonchev–Trinajstić information content (AvgIpc) is 2.82. The number of anilines is 1. The number of nitrogens with zero attached hydrogens (tertiary/aromatic N) is 1. The monoisotopic (exact) mass is 511 g/mol. The lowest BCUT2D eigenvalue weighted by Gasteiger charge is -2.17. The van der Waals surface area contributed by atoms with Gasteiger partial charge in [0.05, 0.1) is 22.2 Å². The predicted octanol–water partition coefficient (Wildman–Crippen LogP) is 6.24. The van der Waals surface area contributed by atoms with Crippen LogP contribution in [-0.2, 0) is 4.79 Å². The third-order valence-electron chi connectivity index (χ3n) is 3.91. The molecule has 26 heavy (non-hydrogen) atoms. The van der Waals surface area contributed by atoms with Crippen LogP contribution in [0.3, 0.4) is 0 Å². The number of benzene rings is 2. The second kappa shape index (κ2) is 7.84. The minimum Gasteiger partial charge on any atom is -0.495 e. The standard InChI is InChI=1S/C19H15Br2NO2S2/c1-10-4-5-15(11(2)6-10)22-18(23)16(26-19(22)25)8-12-7-13(20)9-14(21)17(12)24-3/h4-9H,1-3H3/b16-8+. The number of aryl methyl sites for hydroxylation is 2. The summed E-state index contributed by atoms with van der Waals surface area (Å²) in [5.41, 5.74) is 3.79. The lowest BCUT2D eigenvalue weighted by atomic mass is 10.1. The average molecular weight is 513 g/mol. The van der Waals surface area contributed by atoms with Gasteiger partial charge in [0.2, 0.25) is 0 Å². The molecular formula is C19H15Br2NO2S2. The normalized spacial score (nSPS) is 15.9. The number of halogens is 2. The van der Waals surface area contributed by atoms with E-state index in [1.165, 1.54) is 11.8 Å². The van der Waals surface area contributed by atoms with Gasteiger partial charge in [-0.25, -0.2) is 0 Å². The Morgan fingerprint density at radius 1 is 1.19 bits per heavy atom. The number of hydrogen-bond donors (Lipinski definition) is 0. The van der Waals surface area contributed by atoms with Gasteiger partial charge >= 0.3 is 0 Å². The molecule has 0 aromatic heterocycles. The fourth-order valence-electron chi connectivity index (χ4n) is 2.78. The minimum atomic E-state index is -0.120. The SMILES string of the molecule is COc1c(Br)cc(Br)cc1/C=C1/SC(=S)N(c2ccc(C)cc2C)C1=O. The first-order valence-electron chi connectivity index (χ1n) is 7.70. The summed E-state index contributed by atoms with van der Waals surface area (Å²) in [5, 5.41) is 0. The summed E-state index contributed by atoms with van der Waals surface area (Å²) in [4.78, 5) is 15.2. The van der Waals surface area contributed by atoms with Crippen LogP contribution in [-0.4, -0.2) is 17.3 Å². The van der Waals surface area contributed by atoms with Gasteiger partial charge in [-0.15, -0.1) is 0 Å². The zero-order valence-electron chi connectivity index (χ0n) is 14.3. The van der Waals surface area contributed by atoms with Crippen LogP contribution in [0, 0.1) is 13.8 Å². The van der Waals surface area contributed by atoms with E-state index < -0.39 is 0 Å². The van der Waals surface area contributed by atoms with Crippen LogP contribution in [0.4, 0.5) is 5.69 Å². The predicted molar refractivity (Wildman–Crippen MR) is 120 cm³/mol. The lowest BCUT2D eigenvalue weighted by Crippen LogP contribution is -2.28. The summed E-state index contributed by atoms with van der Waals surface area (Å²) < 4.78 is 7.70. The maximum atomic E-state index is 13.0. The van der Waals surface area contributed by atoms with Gasteiger partial charge in [-0.1, -0.05) is 57.6 Å². The van der Waals surface area contributed by atoms with Gasteiger partial charge in [0, 0.05) is 10.0 Å². The topological polar surface area (TPSA) is 29.5 Å². The fourth-order valence-corrected chi connectivity index (χ4v) is 5.47. The van der Waals surface area contributed by atoms with Crippen LogP contribution in [0.15, 0.2) is 44.2 Å². The maximum absolute atomic E-state index is 13.0. The molecule has 7 heteroatoms. The summed E-state index contributed by atoms with van der Waals surface area (Å²) in [6.07, 6.45) is 1.82. The molecule has 1 aliphatic heterocycles. The number of thiocarbonyl (C=S) groups is 1. The van der Waals surface area contributed by atoms with E-state index >= 15 is 0 Å². The highest BCUT2D eigenvalue weighted by Gasteiger charge is 2.34. The molecule has 0 N–H and O–H groups in total. The first-order chi connectivity index (χ1) is 12.3. The first-order valence-corrected chi connectivity index (χ1v) is 10.5. The third kappa shape index (κ3) is 3.76. The van der Waals surface area contributed by atoms with Crippen molar-refractivity contribution < 1.29 is 9.53 Å². The number of hydrogen-bond acceptors (Lipinski definition) is 4. The highest BCUT2D eigenvalue weighted by molar-refractivity contribution is 9.11. The molecule has 0 unspecified atom stereocenters. The number of carbonyl (C=O) groups excluding carboxylic acids is 1. The molecule has 1 heterocycles. The quantitative estimate of drug-likeness (QED) is 0.359. The molecular weight excluding hydrogens is 498 g/mol. The largest absolute Gasteiger partial charge is 0.495 e. The molecule has 2 aromatic rings. The van der Waals surface area contributed by atoms with E-state index in [1.807, 2.05) is 50.3 Å². The molecule has 0 radical (unpaired) electrons. The van der Waals surface area contributed by atoms with Crippen molar-refractivity contribution in [3.05, 3.63) is 60.9 Å². The van der Waals surface area contributed by atoms with E-state index in [-0.39, 0.29) is 5.91 Å². The molecule has 1 saturated heterocycles. The second-order valence-corrected chi connectivity index (χ2v) is 9.26. The van der Waals surface area contributed by atoms with Crippen molar-refractivity contribution in [2.45, 2.75) is 13.8 Å². The molecule has 0 saturated carbocycles. The Labute approximate surface area is 179 Å². The summed E-state index contributed by atoms with van der Waals surface area (Å²) in [7, 11) is 1.60. The molecule has 1 fully saturated rings. The lowest BCUT2D eigenvalue weighted by molar-refractivity contribution is -0.113. The molecule has 1 aliphatic rings. The minimum absolute atomic E-state index is 0.120. The van der Waals surface area contributed by atoms with E-state index in [1.54, 1.807) is 12.0 Å². The number of thioether (sulfide) groups is 1. The van der Waals surface area contributed by atoms with Crippen molar-refractivity contribution in [1.82, 2.24) is 0 Å². The van der Waals surface area contributed by atoms with Crippen molar-refractivity contribution in [1.29, 1.82) is 0 Å². The fraction of sp³-hybridized carbons (Fsp3) is 0.158. The van der Waals surface area contributed by atoms with Crippen LogP contribution in [0.1, 0.15) is 16.7 Å². The molecule has 134 valence electrons. The smallest absolute Gasteiger partial charge is 0.270 e. The van der Waals surface area contributed by atoms with E-state index in [0.29, 0.717) is 15.0 Å². The Morgan fingerprint density at radius 3 is 2.58 bits per heavy atom. The van der Waals surface area contributed by atoms with Crippen molar-refractivity contribution in [3.63, 3.8) is 0 Å². The van der Waals surface area contributed by atoms with Gasteiger partial charge in [-0.2, -0.15) is 0 Å². The molecule has 0 bridgehead atoms. The Balaban J connectivity index is 2.03. The van der Waals surface area contributed by atoms with Crippen molar-refractivity contribution in [3.8, 4) is 5.75 Å². The van der Waals surface area contributed by atoms with Gasteiger partial charge in [-0.3, -0.25) is 9.69 Å². The number of ether oxygens (including phenoxy) is 1. The molecule has 0 atom stereocenters. The number of carbonyl (C=O) groups is 1. The van der Waals surface area contributed by atoms with E-state index in [9.17, 15) is 4.79 Å². The first kappa shape index (κ1) is 19.6. The summed E-state index contributed by atoms with van der Waals surface area (Å²) >= 11 is 13.7. The van der Waals surface area contributed by atoms with Crippen molar-refractivity contribution in [2.75, 3.05) is 12.0 Å². The van der Waals surface area contributed by atoms with Gasteiger partial charge in [0.15, 0.2) is 4.32 Å². The molecule has 3 rings (SSSR count). The molecule has 1 amide bonds. The Hall–Kier alpha value is -1.15. The zero-order valence-corrected chi connectivity index (χ0v) is 19.1. The molecule has 2 aromatic carbocycles. The van der Waals surface area contributed by atoms with Crippen molar-refractivity contribution >= 4 is 77.8 Å². The van der Waals surface area contributed by atoms with Gasteiger partial charge in [0.1, 0.15) is 5.75 Å². The van der Waals surface area contributed by atoms with Gasteiger partial charge in [-0.05, 0) is 59.6 Å². The maximum Gasteiger partial charge on any atom is 0.270 e. The highest BCUT2D eigenvalue weighted by Crippen LogP contribution is 2.40. The van der Waals surface area contributed by atoms with Crippen LogP contribution in [0.25, 0.3) is 6.08 Å². The summed E-state index contributed by atoms with van der Waals surface area (Å²) in [6, 6.07) is 9.78. The Morgan fingerprint density at radius 2 is 1.92 bits per heavy atom. The van der Waals surface area contributed by atoms with E-state index in [4.69, 9.17) is 17.0 Å². The Bertz CT molecular complexity index is 957. The Kier molecular flexibility index (Phi) is 5.91. The number of methoxy groups -OCH3 is 1. The molecule has 0 spiro atoms. The van der Waals surface area contributed by atoms with Crippen LogP contribution >= 0.6 is 55.8 Å². The number of rotatable bonds is 3. The molecule has 3 nitrogen and oxygen atoms in total. The molecule has 0 aliphatic carbocycles. The van der Waals surface area contributed by atoms with Gasteiger partial charge < -0.3 is 4.74 Å². The highest BCUT2D eigenvalue weighted by atomic mass is 79.9. The summed E-state index contributed by atoms with van der Waals surface area (Å²) in [6.45, 7) is 4.01. The van der Waals surface area contributed by atoms with Crippen molar-refractivity contribution in [2.24, 2.45) is 0 Å². The van der Waals surface area contributed by atoms with Crippen LogP contribution < -0.4 is 9.64 Å². The van der Waals surface area contributed by atoms with Crippen LogP contribution in [0.5, 0.6) is 5.75 Å². The van der Waals surface area contributed by atoms with E-state index in [0.717, 1.165) is 31.3 Å². The number of amides is 1. The van der Waals surface area contributed by atoms with Gasteiger partial charge in [0.25, 0.3) is 5.91 Å². The summed E-state index contributed by atoms with van der Waals surface area (Å²) in [5.74, 6) is 0.551. The second-order valence-electron chi connectivity index (χ2n) is 5.82.